The lowest BCUT2D eigenvalue weighted by atomic mass is 9.74. The van der Waals surface area contributed by atoms with Gasteiger partial charge in [0.2, 0.25) is 17.7 Å². The van der Waals surface area contributed by atoms with Gasteiger partial charge in [0, 0.05) is 37.2 Å². The van der Waals surface area contributed by atoms with Crippen molar-refractivity contribution in [2.75, 3.05) is 32.8 Å². The Kier molecular flexibility index (Phi) is 7.17. The third-order valence-electron chi connectivity index (χ3n) is 7.41. The van der Waals surface area contributed by atoms with Gasteiger partial charge in [-0.15, -0.1) is 0 Å². The van der Waals surface area contributed by atoms with Gasteiger partial charge in [0.1, 0.15) is 5.76 Å². The van der Waals surface area contributed by atoms with Crippen molar-refractivity contribution >= 4 is 17.7 Å². The van der Waals surface area contributed by atoms with Gasteiger partial charge in [0.25, 0.3) is 0 Å². The molecule has 2 N–H and O–H groups in total. The number of nitrogens with one attached hydrogen (secondary N) is 2. The molecule has 33 heavy (non-hydrogen) atoms. The lowest BCUT2D eigenvalue weighted by Gasteiger charge is -2.40. The maximum Gasteiger partial charge on any atom is 0.239 e. The average Bonchev–Trinajstić information content (AvgIpc) is 3.13. The van der Waals surface area contributed by atoms with E-state index < -0.39 is 5.41 Å². The minimum Gasteiger partial charge on any atom is -0.381 e. The Morgan fingerprint density at radius 2 is 2.03 bits per heavy atom. The third-order valence-corrected chi connectivity index (χ3v) is 7.41. The largest absolute Gasteiger partial charge is 0.381 e. The predicted octanol–water partition coefficient (Wildman–Crippen LogP) is 1.43. The highest BCUT2D eigenvalue weighted by Gasteiger charge is 2.41. The second kappa shape index (κ2) is 10.1. The summed E-state index contributed by atoms with van der Waals surface area (Å²) < 4.78 is 10.8. The number of likely N-dealkylation sites (tertiary alicyclic amines) is 1. The van der Waals surface area contributed by atoms with Crippen LogP contribution in [0.3, 0.4) is 0 Å². The topological polar surface area (TPSA) is 114 Å². The SMILES string of the molecule is Cc1noc(C)c1CC(=O)N1CCC2(C/C=C/C[C@H]3COCC[C@@H]3NC(=O)CNC2=O)CC1. The minimum absolute atomic E-state index is 0.0195. The number of allylic oxidation sites excluding steroid dienone is 2. The zero-order valence-electron chi connectivity index (χ0n) is 19.5. The molecule has 1 aromatic heterocycles. The molecule has 0 radical (unpaired) electrons. The number of rotatable bonds is 2. The van der Waals surface area contributed by atoms with Crippen molar-refractivity contribution in [2.45, 2.75) is 58.4 Å². The van der Waals surface area contributed by atoms with E-state index in [0.717, 1.165) is 24.1 Å². The maximum atomic E-state index is 13.2. The van der Waals surface area contributed by atoms with Crippen molar-refractivity contribution in [3.05, 3.63) is 29.2 Å². The van der Waals surface area contributed by atoms with Gasteiger partial charge < -0.3 is 24.8 Å². The van der Waals surface area contributed by atoms with Crippen LogP contribution in [0.15, 0.2) is 16.7 Å². The van der Waals surface area contributed by atoms with Crippen LogP contribution < -0.4 is 10.6 Å². The van der Waals surface area contributed by atoms with Gasteiger partial charge in [0.15, 0.2) is 0 Å². The van der Waals surface area contributed by atoms with Crippen LogP contribution in [0.2, 0.25) is 0 Å². The fourth-order valence-corrected chi connectivity index (χ4v) is 5.13. The number of hydrogen-bond donors (Lipinski definition) is 2. The van der Waals surface area contributed by atoms with E-state index in [1.807, 2.05) is 18.7 Å². The molecule has 3 aliphatic heterocycles. The Bertz CT molecular complexity index is 896. The van der Waals surface area contributed by atoms with Crippen LogP contribution in [-0.2, 0) is 25.5 Å². The van der Waals surface area contributed by atoms with E-state index in [4.69, 9.17) is 9.26 Å². The first-order chi connectivity index (χ1) is 15.9. The molecule has 2 saturated heterocycles. The summed E-state index contributed by atoms with van der Waals surface area (Å²) in [6.07, 6.45) is 7.79. The molecule has 180 valence electrons. The molecule has 4 heterocycles. The minimum atomic E-state index is -0.613. The van der Waals surface area contributed by atoms with E-state index in [0.29, 0.717) is 51.3 Å². The molecule has 0 aliphatic carbocycles. The van der Waals surface area contributed by atoms with Crippen LogP contribution in [0.5, 0.6) is 0 Å². The molecular weight excluding hydrogens is 424 g/mol. The molecule has 2 atom stereocenters. The van der Waals surface area contributed by atoms with E-state index in [9.17, 15) is 14.4 Å². The molecule has 0 bridgehead atoms. The van der Waals surface area contributed by atoms with E-state index in [1.54, 1.807) is 0 Å². The van der Waals surface area contributed by atoms with Crippen LogP contribution in [0.1, 0.15) is 49.1 Å². The standard InChI is InChI=1S/C24H34N4O5/c1-16-19(17(2)33-27-16)13-22(30)28-10-8-24(9-11-28)7-4-3-5-18-15-32-12-6-20(18)26-21(29)14-25-23(24)31/h3-4,18,20H,5-15H2,1-2H3,(H,25,31)(H,26,29)/b4-3+/t18-,20-/m0/s1. The van der Waals surface area contributed by atoms with E-state index >= 15 is 0 Å². The van der Waals surface area contributed by atoms with E-state index in [1.165, 1.54) is 0 Å². The summed E-state index contributed by atoms with van der Waals surface area (Å²) in [5.41, 5.74) is 0.961. The van der Waals surface area contributed by atoms with Crippen molar-refractivity contribution in [2.24, 2.45) is 11.3 Å². The molecule has 3 amide bonds. The number of carbonyl (C=O) groups is 3. The highest BCUT2D eigenvalue weighted by molar-refractivity contribution is 5.88. The normalized spacial score (nSPS) is 27.0. The quantitative estimate of drug-likeness (QED) is 0.648. The number of aryl methyl sites for hydroxylation is 2. The van der Waals surface area contributed by atoms with Crippen molar-refractivity contribution in [3.63, 3.8) is 0 Å². The molecule has 2 fully saturated rings. The zero-order valence-corrected chi connectivity index (χ0v) is 19.5. The lowest BCUT2D eigenvalue weighted by Crippen LogP contribution is -2.53. The molecule has 1 aromatic rings. The number of hydrogen-bond acceptors (Lipinski definition) is 6. The number of piperidine rings is 1. The number of aromatic nitrogens is 1. The van der Waals surface area contributed by atoms with Gasteiger partial charge in [-0.2, -0.15) is 0 Å². The summed E-state index contributed by atoms with van der Waals surface area (Å²) in [6, 6.07) is 0.0770. The number of fused-ring (bicyclic) bond motifs is 1. The summed E-state index contributed by atoms with van der Waals surface area (Å²) in [6.45, 7) is 5.92. The number of nitrogens with zero attached hydrogens (tertiary/aromatic N) is 2. The highest BCUT2D eigenvalue weighted by Crippen LogP contribution is 2.36. The Balaban J connectivity index is 1.42. The number of amides is 3. The van der Waals surface area contributed by atoms with Crippen LogP contribution in [0, 0.1) is 25.2 Å². The number of carbonyl (C=O) groups excluding carboxylic acids is 3. The van der Waals surface area contributed by atoms with Gasteiger partial charge in [-0.05, 0) is 46.0 Å². The Labute approximate surface area is 194 Å². The van der Waals surface area contributed by atoms with Crippen molar-refractivity contribution < 1.29 is 23.6 Å². The number of ether oxygens (including phenoxy) is 1. The summed E-state index contributed by atoms with van der Waals surface area (Å²) in [5, 5.41) is 9.86. The van der Waals surface area contributed by atoms with Crippen LogP contribution in [0.4, 0.5) is 0 Å². The molecular formula is C24H34N4O5. The van der Waals surface area contributed by atoms with Crippen molar-refractivity contribution in [3.8, 4) is 0 Å². The summed E-state index contributed by atoms with van der Waals surface area (Å²) in [7, 11) is 0. The Morgan fingerprint density at radius 1 is 1.24 bits per heavy atom. The predicted molar refractivity (Wildman–Crippen MR) is 120 cm³/mol. The fraction of sp³-hybridized carbons (Fsp3) is 0.667. The molecule has 3 aliphatic rings. The van der Waals surface area contributed by atoms with Crippen LogP contribution in [0.25, 0.3) is 0 Å². The van der Waals surface area contributed by atoms with Gasteiger partial charge in [-0.3, -0.25) is 14.4 Å². The molecule has 0 aromatic carbocycles. The van der Waals surface area contributed by atoms with Crippen molar-refractivity contribution in [1.29, 1.82) is 0 Å². The zero-order chi connectivity index (χ0) is 23.4. The third kappa shape index (κ3) is 5.29. The van der Waals surface area contributed by atoms with Gasteiger partial charge in [0.05, 0.1) is 30.7 Å². The Morgan fingerprint density at radius 3 is 2.76 bits per heavy atom. The molecule has 4 rings (SSSR count). The van der Waals surface area contributed by atoms with Crippen LogP contribution in [-0.4, -0.2) is 66.7 Å². The smallest absolute Gasteiger partial charge is 0.239 e. The monoisotopic (exact) mass is 458 g/mol. The molecule has 0 unspecified atom stereocenters. The first-order valence-electron chi connectivity index (χ1n) is 11.9. The molecule has 1 spiro atoms. The summed E-state index contributed by atoms with van der Waals surface area (Å²) >= 11 is 0. The second-order valence-electron chi connectivity index (χ2n) is 9.53. The van der Waals surface area contributed by atoms with Crippen molar-refractivity contribution in [1.82, 2.24) is 20.7 Å². The van der Waals surface area contributed by atoms with Gasteiger partial charge in [-0.1, -0.05) is 17.3 Å². The summed E-state index contributed by atoms with van der Waals surface area (Å²) in [5.74, 6) is 0.665. The first-order valence-corrected chi connectivity index (χ1v) is 11.9. The summed E-state index contributed by atoms with van der Waals surface area (Å²) in [4.78, 5) is 40.4. The van der Waals surface area contributed by atoms with E-state index in [2.05, 4.69) is 27.9 Å². The maximum absolute atomic E-state index is 13.2. The van der Waals surface area contributed by atoms with Crippen LogP contribution >= 0.6 is 0 Å². The average molecular weight is 459 g/mol. The van der Waals surface area contributed by atoms with Gasteiger partial charge in [-0.25, -0.2) is 0 Å². The molecule has 9 nitrogen and oxygen atoms in total. The Hall–Kier alpha value is -2.68. The fourth-order valence-electron chi connectivity index (χ4n) is 5.13. The molecule has 0 saturated carbocycles. The first kappa shape index (κ1) is 23.5. The lowest BCUT2D eigenvalue weighted by molar-refractivity contribution is -0.140. The second-order valence-corrected chi connectivity index (χ2v) is 9.53. The molecule has 9 heteroatoms. The van der Waals surface area contributed by atoms with E-state index in [-0.39, 0.29) is 42.6 Å². The van der Waals surface area contributed by atoms with Gasteiger partial charge >= 0.3 is 0 Å². The highest BCUT2D eigenvalue weighted by atomic mass is 16.5.